The van der Waals surface area contributed by atoms with Crippen molar-refractivity contribution in [1.82, 2.24) is 4.90 Å². The molecule has 1 aliphatic heterocycles. The topological polar surface area (TPSA) is 63.7 Å². The van der Waals surface area contributed by atoms with Gasteiger partial charge in [-0.15, -0.1) is 0 Å². The molecule has 0 aromatic carbocycles. The number of hydrogen-bond donors (Lipinski definition) is 0. The van der Waals surface area contributed by atoms with Crippen LogP contribution in [-0.4, -0.2) is 35.8 Å². The lowest BCUT2D eigenvalue weighted by Gasteiger charge is -2.48. The van der Waals surface area contributed by atoms with E-state index in [0.29, 0.717) is 17.6 Å². The summed E-state index contributed by atoms with van der Waals surface area (Å²) < 4.78 is 4.26. The molecule has 1 aliphatic carbocycles. The fourth-order valence-corrected chi connectivity index (χ4v) is 2.73. The Hall–Kier alpha value is -2.17. The van der Waals surface area contributed by atoms with Gasteiger partial charge < -0.3 is 4.74 Å². The van der Waals surface area contributed by atoms with Crippen LogP contribution in [0.2, 0.25) is 0 Å². The quantitative estimate of drug-likeness (QED) is 0.590. The molecular weight excluding hydrogens is 294 g/mol. The van der Waals surface area contributed by atoms with Crippen LogP contribution in [0, 0.1) is 5.41 Å². The molecule has 1 fully saturated rings. The first kappa shape index (κ1) is 18.9. The van der Waals surface area contributed by atoms with E-state index in [2.05, 4.69) is 31.7 Å². The first-order valence-corrected chi connectivity index (χ1v) is 7.69. The molecule has 0 N–H and O–H groups in total. The number of carbonyl (C=O) groups is 3. The van der Waals surface area contributed by atoms with Gasteiger partial charge in [-0.3, -0.25) is 19.3 Å². The average molecular weight is 319 g/mol. The molecule has 1 heterocycles. The van der Waals surface area contributed by atoms with Crippen LogP contribution >= 0.6 is 0 Å². The molecule has 2 aliphatic rings. The first-order chi connectivity index (χ1) is 10.7. The van der Waals surface area contributed by atoms with Crippen LogP contribution in [0.1, 0.15) is 40.0 Å². The molecule has 0 bridgehead atoms. The number of amides is 2. The molecule has 1 unspecified atom stereocenters. The Kier molecular flexibility index (Phi) is 6.07. The van der Waals surface area contributed by atoms with Crippen LogP contribution in [0.3, 0.4) is 0 Å². The summed E-state index contributed by atoms with van der Waals surface area (Å²) in [5.74, 6) is -0.606. The Morgan fingerprint density at radius 3 is 1.91 bits per heavy atom. The van der Waals surface area contributed by atoms with Crippen LogP contribution in [0.5, 0.6) is 0 Å². The zero-order valence-corrected chi connectivity index (χ0v) is 14.3. The monoisotopic (exact) mass is 319 g/mol. The lowest BCUT2D eigenvalue weighted by molar-refractivity contribution is -0.147. The molecule has 1 atom stereocenters. The Morgan fingerprint density at radius 2 is 1.74 bits per heavy atom. The molecule has 0 saturated heterocycles. The van der Waals surface area contributed by atoms with Crippen molar-refractivity contribution in [2.75, 3.05) is 7.11 Å². The maximum atomic E-state index is 12.2. The third-order valence-corrected chi connectivity index (χ3v) is 4.39. The van der Waals surface area contributed by atoms with E-state index in [-0.39, 0.29) is 29.2 Å². The summed E-state index contributed by atoms with van der Waals surface area (Å²) in [5, 5.41) is 0. The molecule has 0 aromatic heterocycles. The predicted molar refractivity (Wildman–Crippen MR) is 88.4 cm³/mol. The van der Waals surface area contributed by atoms with Gasteiger partial charge in [0.25, 0.3) is 11.8 Å². The second kappa shape index (κ2) is 7.40. The standard InChI is InChI=1S/C14H17NO2.C4H8O2/c1-5-9-10(6-2)13(17)15(12(9)16)11-7-8-14(11,3)4;1-3-4(5)6-2/h5-6,11H,1-2,7-8H2,3-4H3;3H2,1-2H3. The Morgan fingerprint density at radius 1 is 1.26 bits per heavy atom. The van der Waals surface area contributed by atoms with Gasteiger partial charge in [-0.2, -0.15) is 0 Å². The minimum atomic E-state index is -0.224. The van der Waals surface area contributed by atoms with Crippen molar-refractivity contribution in [3.05, 3.63) is 36.5 Å². The summed E-state index contributed by atoms with van der Waals surface area (Å²) in [7, 11) is 1.38. The Labute approximate surface area is 137 Å². The smallest absolute Gasteiger partial charge is 0.305 e. The third-order valence-electron chi connectivity index (χ3n) is 4.39. The van der Waals surface area contributed by atoms with Crippen LogP contribution in [0.15, 0.2) is 36.5 Å². The molecule has 1 saturated carbocycles. The summed E-state index contributed by atoms with van der Waals surface area (Å²) in [6.45, 7) is 13.1. The molecule has 0 spiro atoms. The number of imide groups is 1. The van der Waals surface area contributed by atoms with Gasteiger partial charge in [0.05, 0.1) is 18.3 Å². The lowest BCUT2D eigenvalue weighted by Crippen LogP contribution is -2.55. The van der Waals surface area contributed by atoms with Gasteiger partial charge in [0.1, 0.15) is 0 Å². The highest BCUT2D eigenvalue weighted by Crippen LogP contribution is 2.45. The average Bonchev–Trinajstić information content (AvgIpc) is 2.77. The van der Waals surface area contributed by atoms with Gasteiger partial charge in [-0.25, -0.2) is 0 Å². The summed E-state index contributed by atoms with van der Waals surface area (Å²) in [6.07, 6.45) is 5.29. The first-order valence-electron chi connectivity index (χ1n) is 7.69. The number of nitrogens with zero attached hydrogens (tertiary/aromatic N) is 1. The molecule has 126 valence electrons. The van der Waals surface area contributed by atoms with Gasteiger partial charge in [0.2, 0.25) is 0 Å². The van der Waals surface area contributed by atoms with Gasteiger partial charge in [-0.05, 0) is 18.3 Å². The highest BCUT2D eigenvalue weighted by atomic mass is 16.5. The highest BCUT2D eigenvalue weighted by molar-refractivity contribution is 6.22. The Bertz CT molecular complexity index is 536. The fraction of sp³-hybridized carbons (Fsp3) is 0.500. The summed E-state index contributed by atoms with van der Waals surface area (Å²) in [5.41, 5.74) is 0.786. The fourth-order valence-electron chi connectivity index (χ4n) is 2.73. The van der Waals surface area contributed by atoms with Crippen molar-refractivity contribution in [3.63, 3.8) is 0 Å². The van der Waals surface area contributed by atoms with E-state index in [0.717, 1.165) is 12.8 Å². The van der Waals surface area contributed by atoms with Crippen molar-refractivity contribution in [3.8, 4) is 0 Å². The van der Waals surface area contributed by atoms with Gasteiger partial charge in [0.15, 0.2) is 0 Å². The van der Waals surface area contributed by atoms with Gasteiger partial charge in [-0.1, -0.05) is 46.1 Å². The number of carbonyl (C=O) groups excluding carboxylic acids is 3. The predicted octanol–water partition coefficient (Wildman–Crippen LogP) is 2.78. The van der Waals surface area contributed by atoms with E-state index < -0.39 is 0 Å². The molecule has 5 nitrogen and oxygen atoms in total. The molecule has 5 heteroatoms. The maximum Gasteiger partial charge on any atom is 0.305 e. The summed E-state index contributed by atoms with van der Waals surface area (Å²) >= 11 is 0. The van der Waals surface area contributed by atoms with Crippen LogP contribution in [0.25, 0.3) is 0 Å². The minimum absolute atomic E-state index is 0.00917. The zero-order chi connectivity index (χ0) is 17.8. The maximum absolute atomic E-state index is 12.2. The molecule has 0 radical (unpaired) electrons. The number of hydrogen-bond acceptors (Lipinski definition) is 4. The Balaban J connectivity index is 0.000000379. The second-order valence-electron chi connectivity index (χ2n) is 6.19. The van der Waals surface area contributed by atoms with E-state index in [4.69, 9.17) is 0 Å². The van der Waals surface area contributed by atoms with E-state index in [1.807, 2.05) is 0 Å². The minimum Gasteiger partial charge on any atom is -0.469 e. The van der Waals surface area contributed by atoms with Crippen molar-refractivity contribution in [1.29, 1.82) is 0 Å². The number of methoxy groups -OCH3 is 1. The van der Waals surface area contributed by atoms with Crippen LogP contribution in [0.4, 0.5) is 0 Å². The van der Waals surface area contributed by atoms with E-state index in [1.165, 1.54) is 24.2 Å². The van der Waals surface area contributed by atoms with Crippen molar-refractivity contribution in [2.24, 2.45) is 5.41 Å². The summed E-state index contributed by atoms with van der Waals surface area (Å²) in [4.78, 5) is 35.7. The van der Waals surface area contributed by atoms with Crippen molar-refractivity contribution in [2.45, 2.75) is 46.1 Å². The van der Waals surface area contributed by atoms with E-state index in [9.17, 15) is 14.4 Å². The molecule has 23 heavy (non-hydrogen) atoms. The largest absolute Gasteiger partial charge is 0.469 e. The number of ether oxygens (including phenoxy) is 1. The van der Waals surface area contributed by atoms with Gasteiger partial charge in [0, 0.05) is 12.5 Å². The van der Waals surface area contributed by atoms with E-state index in [1.54, 1.807) is 6.92 Å². The third kappa shape index (κ3) is 3.60. The van der Waals surface area contributed by atoms with Gasteiger partial charge >= 0.3 is 5.97 Å². The van der Waals surface area contributed by atoms with E-state index >= 15 is 0 Å². The highest BCUT2D eigenvalue weighted by Gasteiger charge is 2.50. The van der Waals surface area contributed by atoms with Crippen LogP contribution in [-0.2, 0) is 19.1 Å². The normalized spacial score (nSPS) is 22.1. The zero-order valence-electron chi connectivity index (χ0n) is 14.3. The summed E-state index contributed by atoms with van der Waals surface area (Å²) in [6, 6.07) is 0.00917. The lowest BCUT2D eigenvalue weighted by atomic mass is 9.66. The molecule has 0 aromatic rings. The number of rotatable bonds is 4. The molecule has 2 amide bonds. The van der Waals surface area contributed by atoms with Crippen LogP contribution < -0.4 is 0 Å². The second-order valence-corrected chi connectivity index (χ2v) is 6.19. The molecular formula is C18H25NO4. The SMILES string of the molecule is C=CC1=C(C=C)C(=O)N(C2CCC2(C)C)C1=O.CCC(=O)OC. The van der Waals surface area contributed by atoms with Crippen molar-refractivity contribution >= 4 is 17.8 Å². The van der Waals surface area contributed by atoms with Crippen molar-refractivity contribution < 1.29 is 19.1 Å². The number of esters is 1. The molecule has 2 rings (SSSR count).